The van der Waals surface area contributed by atoms with Gasteiger partial charge in [-0.3, -0.25) is 0 Å². The van der Waals surface area contributed by atoms with Crippen LogP contribution in [0.25, 0.3) is 0 Å². The molecule has 3 heteroatoms. The van der Waals surface area contributed by atoms with E-state index in [0.29, 0.717) is 6.04 Å². The molecule has 0 amide bonds. The number of hydrogen-bond acceptors (Lipinski definition) is 1. The van der Waals surface area contributed by atoms with Crippen LogP contribution in [0.1, 0.15) is 39.0 Å². The van der Waals surface area contributed by atoms with E-state index in [9.17, 15) is 0 Å². The lowest BCUT2D eigenvalue weighted by molar-refractivity contribution is 0.452. The van der Waals surface area contributed by atoms with Gasteiger partial charge in [-0.2, -0.15) is 0 Å². The fraction of sp³-hybridized carbons (Fsp3) is 0.917. The zero-order valence-electron chi connectivity index (χ0n) is 9.95. The van der Waals surface area contributed by atoms with Gasteiger partial charge in [0.2, 0.25) is 0 Å². The van der Waals surface area contributed by atoms with E-state index in [1.807, 2.05) is 0 Å². The second-order valence-electron chi connectivity index (χ2n) is 5.28. The normalized spacial score (nSPS) is 32.0. The van der Waals surface area contributed by atoms with Gasteiger partial charge < -0.3 is 10.6 Å². The van der Waals surface area contributed by atoms with Gasteiger partial charge in [-0.25, -0.2) is 4.99 Å². The number of nitrogens with two attached hydrogens (primary N) is 1. The maximum atomic E-state index is 5.99. The largest absolute Gasteiger partial charge is 0.370 e. The zero-order valence-corrected chi connectivity index (χ0v) is 9.95. The summed E-state index contributed by atoms with van der Waals surface area (Å²) in [6.07, 6.45) is 6.47. The van der Waals surface area contributed by atoms with E-state index in [4.69, 9.17) is 5.73 Å². The first-order chi connectivity index (χ1) is 7.16. The molecule has 0 aliphatic heterocycles. The fourth-order valence-electron chi connectivity index (χ4n) is 2.42. The lowest BCUT2D eigenvalue weighted by atomic mass is 10.3. The van der Waals surface area contributed by atoms with Crippen LogP contribution in [-0.4, -0.2) is 30.5 Å². The number of guanidine groups is 1. The molecule has 2 N–H and O–H groups in total. The molecule has 15 heavy (non-hydrogen) atoms. The summed E-state index contributed by atoms with van der Waals surface area (Å²) in [5.74, 6) is 2.50. The molecule has 0 aromatic carbocycles. The molecule has 2 rings (SSSR count). The Balaban J connectivity index is 1.80. The molecule has 0 bridgehead atoms. The minimum atomic E-state index is 0.504. The molecule has 2 atom stereocenters. The van der Waals surface area contributed by atoms with Crippen molar-refractivity contribution in [2.75, 3.05) is 13.6 Å². The predicted octanol–water partition coefficient (Wildman–Crippen LogP) is 1.83. The summed E-state index contributed by atoms with van der Waals surface area (Å²) < 4.78 is 0. The molecule has 0 aromatic heterocycles. The first-order valence-corrected chi connectivity index (χ1v) is 6.21. The van der Waals surface area contributed by atoms with Crippen molar-refractivity contribution in [2.24, 2.45) is 22.6 Å². The Morgan fingerprint density at radius 3 is 2.53 bits per heavy atom. The van der Waals surface area contributed by atoms with Crippen molar-refractivity contribution >= 4 is 5.96 Å². The SMILES string of the molecule is CC1CC1CN(C)C(N)=NC1CCCC1. The van der Waals surface area contributed by atoms with Gasteiger partial charge >= 0.3 is 0 Å². The first-order valence-electron chi connectivity index (χ1n) is 6.21. The van der Waals surface area contributed by atoms with Crippen LogP contribution in [0.3, 0.4) is 0 Å². The van der Waals surface area contributed by atoms with E-state index in [1.165, 1.54) is 32.1 Å². The van der Waals surface area contributed by atoms with Crippen LogP contribution in [0.5, 0.6) is 0 Å². The van der Waals surface area contributed by atoms with Gasteiger partial charge in [0.15, 0.2) is 5.96 Å². The summed E-state index contributed by atoms with van der Waals surface area (Å²) in [5, 5.41) is 0. The standard InChI is InChI=1S/C12H23N3/c1-9-7-10(9)8-15(2)12(13)14-11-5-3-4-6-11/h9-11H,3-8H2,1-2H3,(H2,13,14). The van der Waals surface area contributed by atoms with Gasteiger partial charge in [0.05, 0.1) is 6.04 Å². The minimum absolute atomic E-state index is 0.504. The van der Waals surface area contributed by atoms with Gasteiger partial charge in [-0.1, -0.05) is 19.8 Å². The van der Waals surface area contributed by atoms with Gasteiger partial charge in [0, 0.05) is 13.6 Å². The molecule has 0 aromatic rings. The molecule has 2 aliphatic carbocycles. The molecular weight excluding hydrogens is 186 g/mol. The van der Waals surface area contributed by atoms with Crippen molar-refractivity contribution in [3.8, 4) is 0 Å². The highest BCUT2D eigenvalue weighted by molar-refractivity contribution is 5.78. The summed E-state index contributed by atoms with van der Waals surface area (Å²) in [4.78, 5) is 6.73. The van der Waals surface area contributed by atoms with Crippen LogP contribution < -0.4 is 5.73 Å². The van der Waals surface area contributed by atoms with Crippen molar-refractivity contribution in [1.29, 1.82) is 0 Å². The van der Waals surface area contributed by atoms with Gasteiger partial charge in [0.25, 0.3) is 0 Å². The average molecular weight is 209 g/mol. The molecule has 2 unspecified atom stereocenters. The number of hydrogen-bond donors (Lipinski definition) is 1. The van der Waals surface area contributed by atoms with E-state index in [0.717, 1.165) is 24.3 Å². The Kier molecular flexibility index (Phi) is 3.17. The second kappa shape index (κ2) is 4.42. The molecule has 3 nitrogen and oxygen atoms in total. The van der Waals surface area contributed by atoms with E-state index in [2.05, 4.69) is 23.9 Å². The van der Waals surface area contributed by atoms with Crippen LogP contribution in [0.2, 0.25) is 0 Å². The van der Waals surface area contributed by atoms with Crippen LogP contribution in [0.15, 0.2) is 4.99 Å². The van der Waals surface area contributed by atoms with E-state index < -0.39 is 0 Å². The molecule has 2 aliphatic rings. The van der Waals surface area contributed by atoms with Crippen molar-refractivity contribution in [3.05, 3.63) is 0 Å². The van der Waals surface area contributed by atoms with Crippen molar-refractivity contribution in [3.63, 3.8) is 0 Å². The highest BCUT2D eigenvalue weighted by Gasteiger charge is 2.33. The Morgan fingerprint density at radius 2 is 2.00 bits per heavy atom. The maximum absolute atomic E-state index is 5.99. The van der Waals surface area contributed by atoms with Crippen molar-refractivity contribution < 1.29 is 0 Å². The zero-order chi connectivity index (χ0) is 10.8. The Bertz CT molecular complexity index is 243. The quantitative estimate of drug-likeness (QED) is 0.569. The minimum Gasteiger partial charge on any atom is -0.370 e. The van der Waals surface area contributed by atoms with E-state index in [1.54, 1.807) is 0 Å². The molecule has 86 valence electrons. The molecular formula is C12H23N3. The summed E-state index contributed by atoms with van der Waals surface area (Å²) in [7, 11) is 2.07. The average Bonchev–Trinajstić information content (AvgIpc) is 2.68. The van der Waals surface area contributed by atoms with Crippen LogP contribution in [0, 0.1) is 11.8 Å². The smallest absolute Gasteiger partial charge is 0.191 e. The van der Waals surface area contributed by atoms with Gasteiger partial charge in [-0.15, -0.1) is 0 Å². The van der Waals surface area contributed by atoms with Gasteiger partial charge in [0.1, 0.15) is 0 Å². The lowest BCUT2D eigenvalue weighted by Crippen LogP contribution is -2.36. The Labute approximate surface area is 92.7 Å². The van der Waals surface area contributed by atoms with Crippen molar-refractivity contribution in [1.82, 2.24) is 4.90 Å². The predicted molar refractivity (Wildman–Crippen MR) is 63.8 cm³/mol. The third kappa shape index (κ3) is 2.86. The Hall–Kier alpha value is -0.730. The molecule has 0 heterocycles. The van der Waals surface area contributed by atoms with Crippen LogP contribution >= 0.6 is 0 Å². The number of nitrogens with zero attached hydrogens (tertiary/aromatic N) is 2. The third-order valence-corrected chi connectivity index (χ3v) is 3.82. The van der Waals surface area contributed by atoms with Crippen LogP contribution in [-0.2, 0) is 0 Å². The summed E-state index contributed by atoms with van der Waals surface area (Å²) in [6.45, 7) is 3.39. The second-order valence-corrected chi connectivity index (χ2v) is 5.28. The first kappa shape index (κ1) is 10.8. The number of aliphatic imine (C=N–C) groups is 1. The summed E-state index contributed by atoms with van der Waals surface area (Å²) >= 11 is 0. The highest BCUT2D eigenvalue weighted by Crippen LogP contribution is 2.37. The summed E-state index contributed by atoms with van der Waals surface area (Å²) in [6, 6.07) is 0.504. The van der Waals surface area contributed by atoms with Crippen LogP contribution in [0.4, 0.5) is 0 Å². The van der Waals surface area contributed by atoms with Crippen molar-refractivity contribution in [2.45, 2.75) is 45.1 Å². The van der Waals surface area contributed by atoms with Gasteiger partial charge in [-0.05, 0) is 31.1 Å². The molecule has 2 saturated carbocycles. The molecule has 2 fully saturated rings. The van der Waals surface area contributed by atoms with E-state index >= 15 is 0 Å². The highest BCUT2D eigenvalue weighted by atomic mass is 15.2. The molecule has 0 radical (unpaired) electrons. The summed E-state index contributed by atoms with van der Waals surface area (Å²) in [5.41, 5.74) is 5.99. The monoisotopic (exact) mass is 209 g/mol. The van der Waals surface area contributed by atoms with E-state index in [-0.39, 0.29) is 0 Å². The lowest BCUT2D eigenvalue weighted by Gasteiger charge is -2.19. The molecule has 0 spiro atoms. The maximum Gasteiger partial charge on any atom is 0.191 e. The fourth-order valence-corrected chi connectivity index (χ4v) is 2.42. The third-order valence-electron chi connectivity index (χ3n) is 3.82. The number of rotatable bonds is 3. The topological polar surface area (TPSA) is 41.6 Å². The molecule has 0 saturated heterocycles. The Morgan fingerprint density at radius 1 is 1.40 bits per heavy atom.